The van der Waals surface area contributed by atoms with Gasteiger partial charge in [-0.15, -0.1) is 11.6 Å². The van der Waals surface area contributed by atoms with Crippen LogP contribution in [-0.2, 0) is 12.6 Å². The zero-order valence-corrected chi connectivity index (χ0v) is 12.4. The molecule has 108 valence electrons. The van der Waals surface area contributed by atoms with Gasteiger partial charge in [-0.1, -0.05) is 21.1 Å². The van der Waals surface area contributed by atoms with E-state index in [2.05, 4.69) is 26.1 Å². The second-order valence-electron chi connectivity index (χ2n) is 3.99. The molecule has 0 aliphatic heterocycles. The van der Waals surface area contributed by atoms with Gasteiger partial charge in [-0.25, -0.2) is 0 Å². The maximum Gasteiger partial charge on any atom is 0.417 e. The largest absolute Gasteiger partial charge is 0.417 e. The van der Waals surface area contributed by atoms with Gasteiger partial charge in [0.05, 0.1) is 5.56 Å². The zero-order chi connectivity index (χ0) is 14.8. The molecule has 0 unspecified atom stereocenters. The normalized spacial score (nSPS) is 11.8. The molecule has 0 N–H and O–H groups in total. The van der Waals surface area contributed by atoms with Gasteiger partial charge in [0.2, 0.25) is 11.7 Å². The molecule has 20 heavy (non-hydrogen) atoms. The van der Waals surface area contributed by atoms with E-state index in [-0.39, 0.29) is 17.3 Å². The van der Waals surface area contributed by atoms with Crippen molar-refractivity contribution in [1.82, 2.24) is 10.1 Å². The number of rotatable bonds is 4. The third-order valence-electron chi connectivity index (χ3n) is 2.52. The molecule has 1 aromatic heterocycles. The molecular formula is C12H9BrClF3N2O. The molecule has 0 amide bonds. The highest BCUT2D eigenvalue weighted by molar-refractivity contribution is 9.10. The number of hydrogen-bond acceptors (Lipinski definition) is 3. The Hall–Kier alpha value is -1.08. The topological polar surface area (TPSA) is 38.9 Å². The lowest BCUT2D eigenvalue weighted by Gasteiger charge is -2.10. The number of aromatic nitrogens is 2. The third-order valence-corrected chi connectivity index (χ3v) is 3.28. The van der Waals surface area contributed by atoms with Crippen LogP contribution in [0.3, 0.4) is 0 Å². The smallest absolute Gasteiger partial charge is 0.339 e. The Morgan fingerprint density at radius 3 is 2.70 bits per heavy atom. The van der Waals surface area contributed by atoms with Crippen LogP contribution < -0.4 is 0 Å². The Labute approximate surface area is 126 Å². The van der Waals surface area contributed by atoms with Crippen LogP contribution in [0, 0.1) is 0 Å². The van der Waals surface area contributed by atoms with Crippen molar-refractivity contribution in [3.05, 3.63) is 34.1 Å². The number of halogens is 5. The molecule has 1 aromatic carbocycles. The van der Waals surface area contributed by atoms with Crippen LogP contribution in [0.2, 0.25) is 0 Å². The molecule has 0 fully saturated rings. The first kappa shape index (κ1) is 15.3. The maximum atomic E-state index is 13.0. The van der Waals surface area contributed by atoms with Gasteiger partial charge in [0.1, 0.15) is 0 Å². The standard InChI is InChI=1S/C12H9BrClF3N2O/c13-7-3-4-8(9(6-7)12(15,16)17)11-18-10(20-19-11)2-1-5-14/h3-4,6H,1-2,5H2. The van der Waals surface area contributed by atoms with Gasteiger partial charge in [0, 0.05) is 22.3 Å². The van der Waals surface area contributed by atoms with E-state index in [1.165, 1.54) is 12.1 Å². The van der Waals surface area contributed by atoms with E-state index >= 15 is 0 Å². The highest BCUT2D eigenvalue weighted by atomic mass is 79.9. The van der Waals surface area contributed by atoms with Crippen molar-refractivity contribution in [3.8, 4) is 11.4 Å². The molecule has 0 aliphatic carbocycles. The minimum atomic E-state index is -4.49. The van der Waals surface area contributed by atoms with Crippen molar-refractivity contribution >= 4 is 27.5 Å². The van der Waals surface area contributed by atoms with E-state index in [1.54, 1.807) is 0 Å². The van der Waals surface area contributed by atoms with E-state index in [0.717, 1.165) is 6.07 Å². The van der Waals surface area contributed by atoms with E-state index in [1.807, 2.05) is 0 Å². The van der Waals surface area contributed by atoms with E-state index in [4.69, 9.17) is 16.1 Å². The van der Waals surface area contributed by atoms with Crippen molar-refractivity contribution in [2.24, 2.45) is 0 Å². The lowest BCUT2D eigenvalue weighted by molar-refractivity contribution is -0.137. The lowest BCUT2D eigenvalue weighted by atomic mass is 10.1. The minimum Gasteiger partial charge on any atom is -0.339 e. The fourth-order valence-electron chi connectivity index (χ4n) is 1.63. The molecule has 0 saturated heterocycles. The monoisotopic (exact) mass is 368 g/mol. The summed E-state index contributed by atoms with van der Waals surface area (Å²) in [5.41, 5.74) is -0.918. The van der Waals surface area contributed by atoms with Gasteiger partial charge in [-0.05, 0) is 24.6 Å². The average molecular weight is 370 g/mol. The summed E-state index contributed by atoms with van der Waals surface area (Å²) in [5.74, 6) is 0.621. The number of benzene rings is 1. The number of nitrogens with zero attached hydrogens (tertiary/aromatic N) is 2. The average Bonchev–Trinajstić information content (AvgIpc) is 2.84. The summed E-state index contributed by atoms with van der Waals surface area (Å²) in [5, 5.41) is 3.60. The Kier molecular flexibility index (Phi) is 4.70. The molecule has 0 saturated carbocycles. The minimum absolute atomic E-state index is 0.0746. The quantitative estimate of drug-likeness (QED) is 0.734. The summed E-state index contributed by atoms with van der Waals surface area (Å²) in [6, 6.07) is 3.80. The van der Waals surface area contributed by atoms with Crippen molar-refractivity contribution in [2.45, 2.75) is 19.0 Å². The van der Waals surface area contributed by atoms with Crippen molar-refractivity contribution in [3.63, 3.8) is 0 Å². The first-order valence-corrected chi connectivity index (χ1v) is 7.00. The van der Waals surface area contributed by atoms with Crippen LogP contribution in [0.4, 0.5) is 13.2 Å². The summed E-state index contributed by atoms with van der Waals surface area (Å²) in [6.07, 6.45) is -3.43. The first-order valence-electron chi connectivity index (χ1n) is 5.67. The third kappa shape index (κ3) is 3.52. The molecule has 2 rings (SSSR count). The molecule has 0 radical (unpaired) electrons. The molecule has 0 bridgehead atoms. The second-order valence-corrected chi connectivity index (χ2v) is 5.29. The molecule has 8 heteroatoms. The summed E-state index contributed by atoms with van der Waals surface area (Å²) < 4.78 is 44.3. The second kappa shape index (κ2) is 6.13. The van der Waals surface area contributed by atoms with E-state index < -0.39 is 11.7 Å². The predicted molar refractivity (Wildman–Crippen MR) is 71.5 cm³/mol. The molecular weight excluding hydrogens is 360 g/mol. The summed E-state index contributed by atoms with van der Waals surface area (Å²) in [4.78, 5) is 3.97. The van der Waals surface area contributed by atoms with E-state index in [0.29, 0.717) is 23.2 Å². The van der Waals surface area contributed by atoms with Crippen LogP contribution in [0.5, 0.6) is 0 Å². The predicted octanol–water partition coefficient (Wildman–Crippen LogP) is 4.69. The molecule has 0 spiro atoms. The van der Waals surface area contributed by atoms with Gasteiger partial charge in [0.15, 0.2) is 0 Å². The van der Waals surface area contributed by atoms with Crippen LogP contribution in [0.1, 0.15) is 17.9 Å². The molecule has 1 heterocycles. The molecule has 0 aliphatic rings. The van der Waals surface area contributed by atoms with Gasteiger partial charge in [-0.2, -0.15) is 18.2 Å². The fraction of sp³-hybridized carbons (Fsp3) is 0.333. The number of alkyl halides is 4. The van der Waals surface area contributed by atoms with Gasteiger partial charge in [-0.3, -0.25) is 0 Å². The summed E-state index contributed by atoms with van der Waals surface area (Å²) in [7, 11) is 0. The highest BCUT2D eigenvalue weighted by Gasteiger charge is 2.35. The lowest BCUT2D eigenvalue weighted by Crippen LogP contribution is -2.07. The number of aryl methyl sites for hydroxylation is 1. The fourth-order valence-corrected chi connectivity index (χ4v) is 2.12. The summed E-state index contributed by atoms with van der Waals surface area (Å²) >= 11 is 8.56. The maximum absolute atomic E-state index is 13.0. The van der Waals surface area contributed by atoms with Gasteiger partial charge in [0.25, 0.3) is 0 Å². The van der Waals surface area contributed by atoms with Crippen LogP contribution in [0.15, 0.2) is 27.2 Å². The molecule has 3 nitrogen and oxygen atoms in total. The van der Waals surface area contributed by atoms with E-state index in [9.17, 15) is 13.2 Å². The highest BCUT2D eigenvalue weighted by Crippen LogP contribution is 2.37. The first-order chi connectivity index (χ1) is 9.41. The Morgan fingerprint density at radius 1 is 1.30 bits per heavy atom. The van der Waals surface area contributed by atoms with Crippen LogP contribution >= 0.6 is 27.5 Å². The Balaban J connectivity index is 2.39. The van der Waals surface area contributed by atoms with Gasteiger partial charge >= 0.3 is 6.18 Å². The SMILES string of the molecule is FC(F)(F)c1cc(Br)ccc1-c1noc(CCCCl)n1. The zero-order valence-electron chi connectivity index (χ0n) is 10.0. The Morgan fingerprint density at radius 2 is 2.05 bits per heavy atom. The van der Waals surface area contributed by atoms with Crippen molar-refractivity contribution < 1.29 is 17.7 Å². The number of hydrogen-bond donors (Lipinski definition) is 0. The molecule has 2 aromatic rings. The van der Waals surface area contributed by atoms with Gasteiger partial charge < -0.3 is 4.52 Å². The van der Waals surface area contributed by atoms with Crippen LogP contribution in [0.25, 0.3) is 11.4 Å². The van der Waals surface area contributed by atoms with Crippen molar-refractivity contribution in [2.75, 3.05) is 5.88 Å². The molecule has 0 atom stereocenters. The van der Waals surface area contributed by atoms with Crippen molar-refractivity contribution in [1.29, 1.82) is 0 Å². The Bertz CT molecular complexity index is 601. The summed E-state index contributed by atoms with van der Waals surface area (Å²) in [6.45, 7) is 0. The van der Waals surface area contributed by atoms with Crippen LogP contribution in [-0.4, -0.2) is 16.0 Å².